The zero-order valence-corrected chi connectivity index (χ0v) is 9.86. The van der Waals surface area contributed by atoms with Crippen LogP contribution in [-0.4, -0.2) is 50.2 Å². The third-order valence-corrected chi connectivity index (χ3v) is 3.14. The van der Waals surface area contributed by atoms with Crippen LogP contribution in [0.4, 0.5) is 0 Å². The second-order valence-corrected chi connectivity index (χ2v) is 4.93. The molecule has 16 heavy (non-hydrogen) atoms. The largest absolute Gasteiger partial charge is 0.389 e. The Morgan fingerprint density at radius 2 is 2.25 bits per heavy atom. The molecular weight excluding hydrogens is 206 g/mol. The van der Waals surface area contributed by atoms with E-state index in [0.717, 1.165) is 32.1 Å². The number of nitrogens with one attached hydrogen (secondary N) is 1. The Hall–Kier alpha value is -0.160. The van der Waals surface area contributed by atoms with Crippen molar-refractivity contribution in [3.63, 3.8) is 0 Å². The molecule has 0 aromatic carbocycles. The van der Waals surface area contributed by atoms with E-state index in [9.17, 15) is 5.11 Å². The molecule has 0 spiro atoms. The molecule has 1 aliphatic carbocycles. The van der Waals surface area contributed by atoms with Crippen LogP contribution < -0.4 is 5.32 Å². The SMILES string of the molecule is OC(CNCC1CCCO1)COCC1CC1. The van der Waals surface area contributed by atoms with Crippen molar-refractivity contribution in [2.45, 2.75) is 37.9 Å². The van der Waals surface area contributed by atoms with Gasteiger partial charge in [-0.1, -0.05) is 0 Å². The summed E-state index contributed by atoms with van der Waals surface area (Å²) in [6.07, 6.45) is 4.86. The molecule has 2 unspecified atom stereocenters. The quantitative estimate of drug-likeness (QED) is 0.638. The van der Waals surface area contributed by atoms with Gasteiger partial charge < -0.3 is 19.9 Å². The Morgan fingerprint density at radius 3 is 2.94 bits per heavy atom. The molecule has 4 nitrogen and oxygen atoms in total. The Labute approximate surface area is 97.3 Å². The second kappa shape index (κ2) is 6.55. The first-order chi connectivity index (χ1) is 7.84. The van der Waals surface area contributed by atoms with Gasteiger partial charge in [-0.15, -0.1) is 0 Å². The summed E-state index contributed by atoms with van der Waals surface area (Å²) in [5, 5.41) is 12.9. The van der Waals surface area contributed by atoms with Gasteiger partial charge in [-0.2, -0.15) is 0 Å². The van der Waals surface area contributed by atoms with Crippen LogP contribution in [0.1, 0.15) is 25.7 Å². The normalized spacial score (nSPS) is 27.2. The molecular formula is C12H23NO3. The van der Waals surface area contributed by atoms with Gasteiger partial charge in [0.2, 0.25) is 0 Å². The lowest BCUT2D eigenvalue weighted by Gasteiger charge is -2.14. The van der Waals surface area contributed by atoms with Gasteiger partial charge in [0.15, 0.2) is 0 Å². The van der Waals surface area contributed by atoms with Gasteiger partial charge in [-0.05, 0) is 31.6 Å². The van der Waals surface area contributed by atoms with E-state index in [1.165, 1.54) is 19.3 Å². The average molecular weight is 229 g/mol. The lowest BCUT2D eigenvalue weighted by atomic mass is 10.2. The molecule has 0 aromatic heterocycles. The molecule has 94 valence electrons. The van der Waals surface area contributed by atoms with Crippen molar-refractivity contribution in [1.82, 2.24) is 5.32 Å². The summed E-state index contributed by atoms with van der Waals surface area (Å²) in [4.78, 5) is 0. The fraction of sp³-hybridized carbons (Fsp3) is 1.00. The molecule has 2 atom stereocenters. The maximum atomic E-state index is 9.63. The lowest BCUT2D eigenvalue weighted by molar-refractivity contribution is 0.0301. The number of ether oxygens (including phenoxy) is 2. The summed E-state index contributed by atoms with van der Waals surface area (Å²) in [5.74, 6) is 0.770. The number of hydrogen-bond donors (Lipinski definition) is 2. The van der Waals surface area contributed by atoms with Crippen molar-refractivity contribution in [3.8, 4) is 0 Å². The van der Waals surface area contributed by atoms with Crippen LogP contribution >= 0.6 is 0 Å². The van der Waals surface area contributed by atoms with Crippen molar-refractivity contribution in [2.75, 3.05) is 32.9 Å². The minimum atomic E-state index is -0.389. The summed E-state index contributed by atoms with van der Waals surface area (Å²) in [6, 6.07) is 0. The molecule has 0 radical (unpaired) electrons. The number of aliphatic hydroxyl groups is 1. The van der Waals surface area contributed by atoms with E-state index in [4.69, 9.17) is 9.47 Å². The zero-order chi connectivity index (χ0) is 11.2. The first kappa shape index (κ1) is 12.3. The molecule has 2 rings (SSSR count). The van der Waals surface area contributed by atoms with Crippen molar-refractivity contribution >= 4 is 0 Å². The van der Waals surface area contributed by atoms with Crippen molar-refractivity contribution < 1.29 is 14.6 Å². The minimum absolute atomic E-state index is 0.347. The van der Waals surface area contributed by atoms with E-state index in [0.29, 0.717) is 19.3 Å². The third-order valence-electron chi connectivity index (χ3n) is 3.14. The van der Waals surface area contributed by atoms with Gasteiger partial charge in [0.25, 0.3) is 0 Å². The Kier molecular flexibility index (Phi) is 5.03. The van der Waals surface area contributed by atoms with Gasteiger partial charge in [0.1, 0.15) is 0 Å². The molecule has 1 aliphatic heterocycles. The van der Waals surface area contributed by atoms with Gasteiger partial charge in [-0.3, -0.25) is 0 Å². The fourth-order valence-electron chi connectivity index (χ4n) is 1.93. The summed E-state index contributed by atoms with van der Waals surface area (Å²) < 4.78 is 10.9. The topological polar surface area (TPSA) is 50.7 Å². The number of aliphatic hydroxyl groups excluding tert-OH is 1. The van der Waals surface area contributed by atoms with Crippen LogP contribution in [0.3, 0.4) is 0 Å². The highest BCUT2D eigenvalue weighted by molar-refractivity contribution is 4.73. The summed E-state index contributed by atoms with van der Waals surface area (Å²) in [7, 11) is 0. The number of rotatable bonds is 8. The molecule has 0 bridgehead atoms. The number of hydrogen-bond acceptors (Lipinski definition) is 4. The second-order valence-electron chi connectivity index (χ2n) is 4.93. The Balaban J connectivity index is 1.41. The van der Waals surface area contributed by atoms with Crippen LogP contribution in [0, 0.1) is 5.92 Å². The van der Waals surface area contributed by atoms with E-state index in [1.807, 2.05) is 0 Å². The highest BCUT2D eigenvalue weighted by atomic mass is 16.5. The maximum absolute atomic E-state index is 9.63. The Bertz CT molecular complexity index is 191. The van der Waals surface area contributed by atoms with Crippen molar-refractivity contribution in [1.29, 1.82) is 0 Å². The molecule has 1 saturated heterocycles. The average Bonchev–Trinajstić information content (AvgIpc) is 2.94. The van der Waals surface area contributed by atoms with Crippen molar-refractivity contribution in [2.24, 2.45) is 5.92 Å². The predicted molar refractivity (Wildman–Crippen MR) is 61.4 cm³/mol. The molecule has 2 fully saturated rings. The molecule has 2 N–H and O–H groups in total. The van der Waals surface area contributed by atoms with Gasteiger partial charge >= 0.3 is 0 Å². The first-order valence-corrected chi connectivity index (χ1v) is 6.42. The van der Waals surface area contributed by atoms with Gasteiger partial charge in [0, 0.05) is 26.3 Å². The predicted octanol–water partition coefficient (Wildman–Crippen LogP) is 0.542. The first-order valence-electron chi connectivity index (χ1n) is 6.42. The highest BCUT2D eigenvalue weighted by Gasteiger charge is 2.21. The molecule has 1 heterocycles. The molecule has 0 aromatic rings. The van der Waals surface area contributed by atoms with Crippen LogP contribution in [0.25, 0.3) is 0 Å². The Morgan fingerprint density at radius 1 is 1.38 bits per heavy atom. The maximum Gasteiger partial charge on any atom is 0.0897 e. The summed E-state index contributed by atoms with van der Waals surface area (Å²) in [5.41, 5.74) is 0. The van der Waals surface area contributed by atoms with E-state index < -0.39 is 0 Å². The smallest absolute Gasteiger partial charge is 0.0897 e. The molecule has 4 heteroatoms. The third kappa shape index (κ3) is 4.78. The van der Waals surface area contributed by atoms with Crippen LogP contribution in [0.5, 0.6) is 0 Å². The van der Waals surface area contributed by atoms with E-state index in [-0.39, 0.29) is 6.10 Å². The zero-order valence-electron chi connectivity index (χ0n) is 9.86. The van der Waals surface area contributed by atoms with Crippen molar-refractivity contribution in [3.05, 3.63) is 0 Å². The van der Waals surface area contributed by atoms with E-state index in [1.54, 1.807) is 0 Å². The monoisotopic (exact) mass is 229 g/mol. The summed E-state index contributed by atoms with van der Waals surface area (Å²) >= 11 is 0. The van der Waals surface area contributed by atoms with E-state index in [2.05, 4.69) is 5.32 Å². The van der Waals surface area contributed by atoms with Crippen LogP contribution in [0.15, 0.2) is 0 Å². The molecule has 2 aliphatic rings. The van der Waals surface area contributed by atoms with E-state index >= 15 is 0 Å². The summed E-state index contributed by atoms with van der Waals surface area (Å²) in [6.45, 7) is 3.61. The fourth-order valence-corrected chi connectivity index (χ4v) is 1.93. The van der Waals surface area contributed by atoms with Gasteiger partial charge in [-0.25, -0.2) is 0 Å². The standard InChI is InChI=1S/C12H23NO3/c14-11(9-15-8-10-3-4-10)6-13-7-12-2-1-5-16-12/h10-14H,1-9H2. The van der Waals surface area contributed by atoms with Crippen LogP contribution in [0.2, 0.25) is 0 Å². The minimum Gasteiger partial charge on any atom is -0.389 e. The van der Waals surface area contributed by atoms with Crippen LogP contribution in [-0.2, 0) is 9.47 Å². The van der Waals surface area contributed by atoms with Gasteiger partial charge in [0.05, 0.1) is 18.8 Å². The lowest BCUT2D eigenvalue weighted by Crippen LogP contribution is -2.35. The molecule has 1 saturated carbocycles. The molecule has 0 amide bonds. The highest BCUT2D eigenvalue weighted by Crippen LogP contribution is 2.28.